The molecule has 10 heteroatoms. The van der Waals surface area contributed by atoms with Crippen LogP contribution in [0.15, 0.2) is 23.9 Å². The first kappa shape index (κ1) is 26.1. The van der Waals surface area contributed by atoms with Gasteiger partial charge in [0, 0.05) is 6.54 Å². The molecule has 0 saturated carbocycles. The third-order valence-corrected chi connectivity index (χ3v) is 4.07. The molecular weight excluding hydrogens is 413 g/mol. The molecule has 0 aliphatic carbocycles. The van der Waals surface area contributed by atoms with Crippen molar-refractivity contribution in [1.82, 2.24) is 5.32 Å². The zero-order valence-electron chi connectivity index (χ0n) is 15.5. The summed E-state index contributed by atoms with van der Waals surface area (Å²) in [7, 11) is 0. The number of carbonyl (C=O) groups is 3. The third-order valence-electron chi connectivity index (χ3n) is 4.07. The van der Waals surface area contributed by atoms with E-state index >= 15 is 0 Å². The van der Waals surface area contributed by atoms with Crippen LogP contribution in [-0.4, -0.2) is 59.8 Å². The summed E-state index contributed by atoms with van der Waals surface area (Å²) in [6.45, 7) is 2.04. The van der Waals surface area contributed by atoms with Crippen LogP contribution in [0.4, 0.5) is 0 Å². The largest absolute Gasteiger partial charge is 3.00 e. The van der Waals surface area contributed by atoms with Gasteiger partial charge in [0.05, 0.1) is 11.7 Å². The summed E-state index contributed by atoms with van der Waals surface area (Å²) in [6, 6.07) is -0.808. The van der Waals surface area contributed by atoms with Crippen LogP contribution in [0.3, 0.4) is 0 Å². The molecule has 0 aromatic rings. The van der Waals surface area contributed by atoms with Crippen LogP contribution in [0.5, 0.6) is 0 Å². The van der Waals surface area contributed by atoms with E-state index in [1.165, 1.54) is 6.08 Å². The summed E-state index contributed by atoms with van der Waals surface area (Å²) < 4.78 is 0. The Morgan fingerprint density at radius 2 is 1.46 bits per heavy atom. The first-order valence-electron chi connectivity index (χ1n) is 9.02. The number of piperidine rings is 2. The van der Waals surface area contributed by atoms with Crippen molar-refractivity contribution in [3.63, 3.8) is 0 Å². The van der Waals surface area contributed by atoms with Gasteiger partial charge in [0.15, 0.2) is 0 Å². The molecule has 3 aliphatic rings. The fraction of sp³-hybridized carbons (Fsp3) is 0.611. The fourth-order valence-electron chi connectivity index (χ4n) is 2.58. The van der Waals surface area contributed by atoms with Crippen LogP contribution in [0, 0.1) is 0 Å². The van der Waals surface area contributed by atoms with Crippen molar-refractivity contribution in [3.05, 3.63) is 34.6 Å². The number of nitrogens with zero attached hydrogens (tertiary/aromatic N) is 2. The first-order chi connectivity index (χ1) is 12.9. The standard InChI is InChI=1S/2C6H10NO2.C6H7NO2.Co/c3*8-6(9)5-3-1-2-4-7-5;/h2*5H,1-4H2,(H,8,9);1-3,7H,4H2,(H,8,9);/q2*-1;;+3/p-1. The van der Waals surface area contributed by atoms with E-state index in [4.69, 9.17) is 10.2 Å². The topological polar surface area (TPSA) is 155 Å². The number of carboxylic acids is 3. The van der Waals surface area contributed by atoms with Crippen molar-refractivity contribution in [1.29, 1.82) is 0 Å². The summed E-state index contributed by atoms with van der Waals surface area (Å²) in [6.07, 6.45) is 10.6. The zero-order chi connectivity index (χ0) is 20.1. The summed E-state index contributed by atoms with van der Waals surface area (Å²) in [5, 5.41) is 37.5. The Morgan fingerprint density at radius 3 is 1.68 bits per heavy atom. The zero-order valence-corrected chi connectivity index (χ0v) is 16.5. The minimum absolute atomic E-state index is 0. The number of hydrogen-bond donors (Lipinski definition) is 3. The quantitative estimate of drug-likeness (QED) is 0.587. The van der Waals surface area contributed by atoms with Gasteiger partial charge in [0.1, 0.15) is 0 Å². The van der Waals surface area contributed by atoms with E-state index < -0.39 is 30.0 Å². The maximum absolute atomic E-state index is 10.3. The average molecular weight is 439 g/mol. The molecule has 0 bridgehead atoms. The third kappa shape index (κ3) is 11.1. The molecule has 3 N–H and O–H groups in total. The molecule has 3 aliphatic heterocycles. The van der Waals surface area contributed by atoms with Crippen molar-refractivity contribution < 1.29 is 46.5 Å². The summed E-state index contributed by atoms with van der Waals surface area (Å²) >= 11 is 0. The molecule has 9 nitrogen and oxygen atoms in total. The van der Waals surface area contributed by atoms with E-state index in [0.717, 1.165) is 51.6 Å². The molecular formula is C18H26CoN3O6. The molecule has 3 rings (SSSR count). The predicted octanol–water partition coefficient (Wildman–Crippen LogP) is 0.772. The number of nitrogens with one attached hydrogen (secondary N) is 1. The molecule has 2 saturated heterocycles. The molecule has 3 heterocycles. The van der Waals surface area contributed by atoms with Gasteiger partial charge in [-0.1, -0.05) is 50.7 Å². The van der Waals surface area contributed by atoms with Gasteiger partial charge in [-0.25, -0.2) is 0 Å². The van der Waals surface area contributed by atoms with Gasteiger partial charge in [-0.05, 0) is 18.2 Å². The minimum atomic E-state index is -1.15. The molecule has 158 valence electrons. The monoisotopic (exact) mass is 439 g/mol. The van der Waals surface area contributed by atoms with Crippen LogP contribution in [0.2, 0.25) is 0 Å². The fourth-order valence-corrected chi connectivity index (χ4v) is 2.58. The van der Waals surface area contributed by atoms with Crippen LogP contribution in [0.25, 0.3) is 10.6 Å². The molecule has 2 unspecified atom stereocenters. The number of dihydropyridines is 1. The Balaban J connectivity index is 0.000000384. The van der Waals surface area contributed by atoms with Crippen LogP contribution < -0.4 is 10.4 Å². The molecule has 0 aromatic heterocycles. The van der Waals surface area contributed by atoms with Crippen molar-refractivity contribution in [2.45, 2.75) is 50.6 Å². The van der Waals surface area contributed by atoms with E-state index in [9.17, 15) is 19.5 Å². The normalized spacial score (nSPS) is 23.1. The Hall–Kier alpha value is -1.88. The van der Waals surface area contributed by atoms with Gasteiger partial charge in [-0.3, -0.25) is 9.59 Å². The Morgan fingerprint density at radius 1 is 0.964 bits per heavy atom. The van der Waals surface area contributed by atoms with Crippen molar-refractivity contribution in [2.24, 2.45) is 0 Å². The van der Waals surface area contributed by atoms with Gasteiger partial charge < -0.3 is 36.1 Å². The second kappa shape index (κ2) is 15.1. The number of rotatable bonds is 3. The van der Waals surface area contributed by atoms with E-state index in [-0.39, 0.29) is 22.5 Å². The number of allylic oxidation sites excluding steroid dienone is 2. The van der Waals surface area contributed by atoms with E-state index in [1.54, 1.807) is 6.08 Å². The maximum Gasteiger partial charge on any atom is 3.00 e. The Kier molecular flexibility index (Phi) is 14.1. The van der Waals surface area contributed by atoms with Crippen molar-refractivity contribution in [3.8, 4) is 0 Å². The van der Waals surface area contributed by atoms with E-state index in [0.29, 0.717) is 6.54 Å². The van der Waals surface area contributed by atoms with Gasteiger partial charge >= 0.3 is 16.8 Å². The van der Waals surface area contributed by atoms with Gasteiger partial charge in [0.25, 0.3) is 11.9 Å². The molecule has 2 fully saturated rings. The number of aliphatic carboxylic acids is 3. The second-order valence-corrected chi connectivity index (χ2v) is 6.19. The summed E-state index contributed by atoms with van der Waals surface area (Å²) in [4.78, 5) is 30.6. The molecule has 0 amide bonds. The van der Waals surface area contributed by atoms with Crippen molar-refractivity contribution >= 4 is 17.9 Å². The van der Waals surface area contributed by atoms with E-state index in [2.05, 4.69) is 16.0 Å². The molecule has 28 heavy (non-hydrogen) atoms. The second-order valence-electron chi connectivity index (χ2n) is 6.19. The van der Waals surface area contributed by atoms with Gasteiger partial charge in [-0.15, -0.1) is 13.1 Å². The maximum atomic E-state index is 10.3. The minimum Gasteiger partial charge on any atom is -0.650 e. The molecule has 0 aromatic carbocycles. The predicted molar refractivity (Wildman–Crippen MR) is 97.2 cm³/mol. The Labute approximate surface area is 174 Å². The molecule has 0 spiro atoms. The first-order valence-corrected chi connectivity index (χ1v) is 9.02. The average Bonchev–Trinajstić information content (AvgIpc) is 2.71. The Bertz CT molecular complexity index is 528. The van der Waals surface area contributed by atoms with Crippen LogP contribution >= 0.6 is 0 Å². The molecule has 2 atom stereocenters. The van der Waals surface area contributed by atoms with Crippen LogP contribution in [-0.2, 0) is 31.2 Å². The van der Waals surface area contributed by atoms with E-state index in [1.807, 2.05) is 6.08 Å². The SMILES string of the molecule is O=C(O)C1CCCC[N-]1.O=C(O)C1CCCC[N-]1.O=C([O-])C1=CC=CCN1.[Co+3]. The van der Waals surface area contributed by atoms with Gasteiger partial charge in [0.2, 0.25) is 0 Å². The smallest absolute Gasteiger partial charge is 0.650 e. The van der Waals surface area contributed by atoms with Crippen molar-refractivity contribution in [2.75, 3.05) is 19.6 Å². The number of hydrogen-bond acceptors (Lipinski definition) is 5. The summed E-state index contributed by atoms with van der Waals surface area (Å²) in [5.74, 6) is -2.69. The van der Waals surface area contributed by atoms with Gasteiger partial charge in [-0.2, -0.15) is 0 Å². The number of carboxylic acid groups (broad SMARTS) is 3. The molecule has 0 radical (unpaired) electrons. The summed E-state index contributed by atoms with van der Waals surface area (Å²) in [5.41, 5.74) is 0.150. The number of carbonyl (C=O) groups excluding carboxylic acids is 1. The van der Waals surface area contributed by atoms with Crippen LogP contribution in [0.1, 0.15) is 38.5 Å².